The van der Waals surface area contributed by atoms with Crippen molar-refractivity contribution >= 4 is 35.6 Å². The summed E-state index contributed by atoms with van der Waals surface area (Å²) in [7, 11) is 0. The van der Waals surface area contributed by atoms with Crippen molar-refractivity contribution < 1.29 is 65.0 Å². The Morgan fingerprint density at radius 2 is 1.81 bits per heavy atom. The molecule has 5 rings (SSSR count). The van der Waals surface area contributed by atoms with Crippen molar-refractivity contribution in [3.8, 4) is 0 Å². The Balaban J connectivity index is 1.60. The van der Waals surface area contributed by atoms with Crippen LogP contribution in [-0.4, -0.2) is 122 Å². The summed E-state index contributed by atoms with van der Waals surface area (Å²) in [6.07, 6.45) is -9.95. The minimum atomic E-state index is -2.31. The number of hydrogen-bond acceptors (Lipinski definition) is 14. The highest BCUT2D eigenvalue weighted by Crippen LogP contribution is 2.63. The smallest absolute Gasteiger partial charge is 0.408 e. The molecule has 286 valence electrons. The number of fused-ring (bicyclic) bond motifs is 5. The third-order valence-corrected chi connectivity index (χ3v) is 11.8. The molecule has 0 aromatic heterocycles. The highest BCUT2D eigenvalue weighted by molar-refractivity contribution is 7.98. The molecule has 0 spiro atoms. The van der Waals surface area contributed by atoms with Gasteiger partial charge in [-0.15, -0.1) is 11.8 Å². The average Bonchev–Trinajstić information content (AvgIpc) is 3.09. The van der Waals surface area contributed by atoms with Gasteiger partial charge >= 0.3 is 18.0 Å². The van der Waals surface area contributed by atoms with E-state index in [2.05, 4.69) is 5.32 Å². The molecule has 1 aromatic rings. The second-order valence-corrected chi connectivity index (χ2v) is 15.8. The van der Waals surface area contributed by atoms with E-state index in [4.69, 9.17) is 20.3 Å². The van der Waals surface area contributed by atoms with Crippen LogP contribution in [0.5, 0.6) is 0 Å². The Morgan fingerprint density at radius 3 is 2.40 bits per heavy atom. The molecule has 1 aromatic carbocycles. The van der Waals surface area contributed by atoms with Gasteiger partial charge < -0.3 is 49.8 Å². The van der Waals surface area contributed by atoms with Crippen molar-refractivity contribution in [2.24, 2.45) is 16.7 Å². The van der Waals surface area contributed by atoms with Gasteiger partial charge in [0.2, 0.25) is 0 Å². The number of nitrogens with one attached hydrogen (secondary N) is 1. The van der Waals surface area contributed by atoms with Gasteiger partial charge in [0.15, 0.2) is 11.9 Å². The van der Waals surface area contributed by atoms with Gasteiger partial charge in [-0.25, -0.2) is 14.4 Å². The minimum absolute atomic E-state index is 0.0513. The second kappa shape index (κ2) is 14.5. The molecule has 2 bridgehead atoms. The van der Waals surface area contributed by atoms with E-state index in [1.54, 1.807) is 45.9 Å². The number of hydrogen-bond donors (Lipinski definition) is 6. The first kappa shape index (κ1) is 38.4. The average molecular weight is 750 g/mol. The molecule has 3 aliphatic carbocycles. The maximum absolute atomic E-state index is 14.6. The summed E-state index contributed by atoms with van der Waals surface area (Å²) in [6, 6.07) is 6.53. The maximum atomic E-state index is 14.6. The van der Waals surface area contributed by atoms with Crippen LogP contribution >= 0.6 is 11.8 Å². The van der Waals surface area contributed by atoms with Crippen LogP contribution in [0.2, 0.25) is 0 Å². The Kier molecular flexibility index (Phi) is 10.7. The monoisotopic (exact) mass is 749 g/mol. The first-order valence-electron chi connectivity index (χ1n) is 17.7. The third kappa shape index (κ3) is 6.48. The zero-order valence-electron chi connectivity index (χ0n) is 31.0. The number of esters is 2. The van der Waals surface area contributed by atoms with E-state index < -0.39 is 101 Å². The summed E-state index contributed by atoms with van der Waals surface area (Å²) in [5.74, 6) is -4.71. The summed E-state index contributed by atoms with van der Waals surface area (Å²) in [4.78, 5) is 54.6. The maximum Gasteiger partial charge on any atom is 0.408 e. The number of thioether (sulfide) groups is 1. The second-order valence-electron chi connectivity index (χ2n) is 15.1. The molecule has 6 N–H and O–H groups in total. The number of ketones is 1. The number of allylic oxidation sites excluding steroid dienone is 1. The van der Waals surface area contributed by atoms with Crippen molar-refractivity contribution in [1.29, 1.82) is 0 Å². The summed E-state index contributed by atoms with van der Waals surface area (Å²) in [5, 5.41) is 62.5. The molecule has 1 aliphatic heterocycles. The number of Topliss-reactive ketones (excluding diaryl/α,β-unsaturated/α-hetero) is 1. The number of amides is 1. The molecule has 1 amide bonds. The highest BCUT2D eigenvalue weighted by atomic mass is 32.2. The third-order valence-electron chi connectivity index (χ3n) is 11.5. The Bertz CT molecular complexity index is 1670. The predicted octanol–water partition coefficient (Wildman–Crippen LogP) is 1.80. The first-order chi connectivity index (χ1) is 24.7. The lowest BCUT2D eigenvalue weighted by atomic mass is 9.44. The molecule has 1 saturated heterocycles. The molecular weight excluding hydrogens is 698 g/mol. The van der Waals surface area contributed by atoms with Gasteiger partial charge in [0.25, 0.3) is 0 Å². The lowest BCUT2D eigenvalue weighted by molar-refractivity contribution is -0.343. The zero-order valence-corrected chi connectivity index (χ0v) is 30.8. The largest absolute Gasteiger partial charge is 0.456 e. The molecule has 52 heavy (non-hydrogen) atoms. The molecule has 2 saturated carbocycles. The lowest BCUT2D eigenvalue weighted by Crippen LogP contribution is -2.81. The van der Waals surface area contributed by atoms with Gasteiger partial charge in [0, 0.05) is 25.5 Å². The number of carbonyl (C=O) groups is 4. The number of aliphatic hydroxyl groups is 5. The fourth-order valence-corrected chi connectivity index (χ4v) is 8.77. The van der Waals surface area contributed by atoms with Gasteiger partial charge in [-0.3, -0.25) is 4.79 Å². The number of aliphatic hydroxyl groups excluding tert-OH is 3. The van der Waals surface area contributed by atoms with E-state index in [0.29, 0.717) is 5.57 Å². The quantitative estimate of drug-likeness (QED) is 0.0698. The van der Waals surface area contributed by atoms with Crippen LogP contribution in [0.1, 0.15) is 66.1 Å². The van der Waals surface area contributed by atoms with Gasteiger partial charge in [-0.05, 0) is 57.2 Å². The van der Waals surface area contributed by atoms with Crippen molar-refractivity contribution in [1.82, 2.24) is 5.32 Å². The van der Waals surface area contributed by atoms with E-state index >= 15 is 0 Å². The van der Waals surface area contributed by atoms with E-state index in [0.717, 1.165) is 11.8 Å². The summed E-state index contributed by atoms with van der Waals surface area (Å²) in [6.45, 7) is 8.98. The van der Waals surface area contributed by atoms with Crippen LogP contribution in [0.4, 0.5) is 4.79 Å². The fraction of sp³-hybridized carbons (Fsp3) is 0.622. The molecular formula is C37H49NO13S. The number of rotatable bonds is 9. The van der Waals surface area contributed by atoms with Crippen LogP contribution in [0.3, 0.4) is 0 Å². The topological polar surface area (TPSA) is 218 Å². The molecule has 0 unspecified atom stereocenters. The number of carbonyl (C=O) groups excluding carboxylic acids is 4. The molecule has 4 aliphatic rings. The van der Waals surface area contributed by atoms with Crippen LogP contribution in [-0.2, 0) is 28.5 Å². The Labute approximate surface area is 307 Å². The van der Waals surface area contributed by atoms with Crippen LogP contribution < -0.4 is 5.32 Å². The first-order valence-corrected chi connectivity index (χ1v) is 18.2. The molecule has 15 heteroatoms. The van der Waals surface area contributed by atoms with Gasteiger partial charge in [0.1, 0.15) is 35.5 Å². The van der Waals surface area contributed by atoms with E-state index in [9.17, 15) is 44.7 Å². The predicted molar refractivity (Wildman–Crippen MR) is 187 cm³/mol. The van der Waals surface area contributed by atoms with Crippen molar-refractivity contribution in [2.45, 2.75) is 108 Å². The SMILES string of the molecule is [3H]CSCOC(=O)N[C@@H](C=C(C)C)[C@@H](O)C(=O)O[C@H]1C[C@@]2(O)[C@@H](OC(=O)c3ccccc3)[C@@H]3[C@]4(O)CO[C@@H]4C[C@H](O)[C@@]3(C)C(=O)[C@H](O)C(=C1C)C2(C)C. The molecule has 11 atom stereocenters. The summed E-state index contributed by atoms with van der Waals surface area (Å²) in [5.41, 5.74) is -6.93. The van der Waals surface area contributed by atoms with Crippen LogP contribution in [0.15, 0.2) is 53.1 Å². The standard InChI is InChI=1S/C37H49NO13S/c1-18(2)13-21(38-33(45)49-17-52-7)26(40)32(44)50-22-15-37(47)30(51-31(43)20-11-9-8-10-12-20)28-35(6,23(39)14-24-36(28,46)16-48-24)29(42)27(41)25(19(22)3)34(37,4)5/h8-13,21-24,26-28,30,39-41,46-47H,14-17H2,1-7H3,(H,38,45)/t21-,22-,23-,24+,26+,27+,28-,30-,35+,36-,37+/m0/s1/i7T. The normalized spacial score (nSPS) is 36.2. The molecule has 3 fully saturated rings. The zero-order chi connectivity index (χ0) is 39.3. The van der Waals surface area contributed by atoms with E-state index in [-0.39, 0.29) is 41.9 Å². The van der Waals surface area contributed by atoms with E-state index in [1.165, 1.54) is 32.1 Å². The van der Waals surface area contributed by atoms with Crippen LogP contribution in [0, 0.1) is 16.7 Å². The van der Waals surface area contributed by atoms with Gasteiger partial charge in [0.05, 0.1) is 35.8 Å². The fourth-order valence-electron chi connectivity index (χ4n) is 8.58. The summed E-state index contributed by atoms with van der Waals surface area (Å²) >= 11 is 1.01. The van der Waals surface area contributed by atoms with Gasteiger partial charge in [-0.1, -0.05) is 43.7 Å². The van der Waals surface area contributed by atoms with Crippen molar-refractivity contribution in [3.63, 3.8) is 0 Å². The minimum Gasteiger partial charge on any atom is -0.456 e. The Hall–Kier alpha value is -3.31. The van der Waals surface area contributed by atoms with Crippen molar-refractivity contribution in [2.75, 3.05) is 18.8 Å². The van der Waals surface area contributed by atoms with E-state index in [1.807, 2.05) is 0 Å². The lowest BCUT2D eigenvalue weighted by Gasteiger charge is -2.66. The van der Waals surface area contributed by atoms with Crippen LogP contribution in [0.25, 0.3) is 0 Å². The van der Waals surface area contributed by atoms with Gasteiger partial charge in [-0.2, -0.15) is 0 Å². The highest BCUT2D eigenvalue weighted by Gasteiger charge is 2.76. The summed E-state index contributed by atoms with van der Waals surface area (Å²) < 4.78 is 29.8. The number of benzene rings is 1. The number of ether oxygens (including phenoxy) is 4. The molecule has 1 heterocycles. The Morgan fingerprint density at radius 1 is 1.13 bits per heavy atom. The number of alkyl carbamates (subject to hydrolysis) is 1. The van der Waals surface area contributed by atoms with Crippen molar-refractivity contribution in [3.05, 3.63) is 58.7 Å². The molecule has 14 nitrogen and oxygen atoms in total. The molecule has 0 radical (unpaired) electrons.